The molecule has 22 heavy (non-hydrogen) atoms. The van der Waals surface area contributed by atoms with Crippen molar-refractivity contribution in [3.8, 4) is 0 Å². The van der Waals surface area contributed by atoms with Crippen molar-refractivity contribution >= 4 is 11.8 Å². The Kier molecular flexibility index (Phi) is 7.52. The molecule has 0 spiro atoms. The lowest BCUT2D eigenvalue weighted by Crippen LogP contribution is -2.38. The lowest BCUT2D eigenvalue weighted by molar-refractivity contribution is -0.128. The van der Waals surface area contributed by atoms with Gasteiger partial charge in [0.2, 0.25) is 5.91 Å². The monoisotopic (exact) mass is 309 g/mol. The quantitative estimate of drug-likeness (QED) is 0.789. The molecular formula is C16H24FN3O2. The van der Waals surface area contributed by atoms with Gasteiger partial charge in [0, 0.05) is 26.6 Å². The predicted molar refractivity (Wildman–Crippen MR) is 84.2 cm³/mol. The predicted octanol–water partition coefficient (Wildman–Crippen LogP) is 1.36. The van der Waals surface area contributed by atoms with Crippen LogP contribution in [-0.2, 0) is 4.79 Å². The van der Waals surface area contributed by atoms with Gasteiger partial charge in [-0.1, -0.05) is 12.1 Å². The Morgan fingerprint density at radius 3 is 2.41 bits per heavy atom. The number of amides is 2. The second-order valence-electron chi connectivity index (χ2n) is 5.40. The number of hydrogen-bond acceptors (Lipinski definition) is 3. The van der Waals surface area contributed by atoms with Crippen molar-refractivity contribution in [2.75, 3.05) is 40.3 Å². The van der Waals surface area contributed by atoms with E-state index in [4.69, 9.17) is 0 Å². The van der Waals surface area contributed by atoms with Crippen LogP contribution in [0, 0.1) is 5.82 Å². The van der Waals surface area contributed by atoms with Crippen LogP contribution in [0.1, 0.15) is 23.7 Å². The molecule has 0 saturated carbocycles. The Balaban J connectivity index is 2.41. The third-order valence-electron chi connectivity index (χ3n) is 3.26. The van der Waals surface area contributed by atoms with Gasteiger partial charge in [0.1, 0.15) is 5.82 Å². The van der Waals surface area contributed by atoms with E-state index in [9.17, 15) is 14.0 Å². The zero-order chi connectivity index (χ0) is 16.5. The fourth-order valence-corrected chi connectivity index (χ4v) is 2.05. The molecule has 1 aromatic rings. The molecule has 6 heteroatoms. The Morgan fingerprint density at radius 1 is 1.14 bits per heavy atom. The van der Waals surface area contributed by atoms with E-state index in [-0.39, 0.29) is 11.5 Å². The molecule has 5 nitrogen and oxygen atoms in total. The summed E-state index contributed by atoms with van der Waals surface area (Å²) < 4.78 is 13.5. The third kappa shape index (κ3) is 6.22. The molecule has 122 valence electrons. The highest BCUT2D eigenvalue weighted by Crippen LogP contribution is 2.05. The van der Waals surface area contributed by atoms with Crippen LogP contribution in [0.15, 0.2) is 24.3 Å². The minimum atomic E-state index is -0.547. The van der Waals surface area contributed by atoms with Crippen molar-refractivity contribution < 1.29 is 14.0 Å². The average Bonchev–Trinajstić information content (AvgIpc) is 2.45. The van der Waals surface area contributed by atoms with Gasteiger partial charge in [-0.05, 0) is 39.2 Å². The number of rotatable bonds is 8. The maximum Gasteiger partial charge on any atom is 0.254 e. The summed E-state index contributed by atoms with van der Waals surface area (Å²) in [6.07, 6.45) is 0.869. The molecular weight excluding hydrogens is 285 g/mol. The van der Waals surface area contributed by atoms with Gasteiger partial charge >= 0.3 is 0 Å². The fraction of sp³-hybridized carbons (Fsp3) is 0.500. The molecule has 0 atom stereocenters. The van der Waals surface area contributed by atoms with E-state index in [0.29, 0.717) is 19.6 Å². The van der Waals surface area contributed by atoms with E-state index in [1.807, 2.05) is 14.1 Å². The van der Waals surface area contributed by atoms with Crippen LogP contribution in [0.2, 0.25) is 0 Å². The first-order valence-corrected chi connectivity index (χ1v) is 7.34. The third-order valence-corrected chi connectivity index (χ3v) is 3.26. The van der Waals surface area contributed by atoms with Gasteiger partial charge in [0.15, 0.2) is 0 Å². The molecule has 0 bridgehead atoms. The molecule has 0 fully saturated rings. The molecule has 1 N–H and O–H groups in total. The first kappa shape index (κ1) is 18.1. The fourth-order valence-electron chi connectivity index (χ4n) is 2.05. The molecule has 1 rings (SSSR count). The lowest BCUT2D eigenvalue weighted by atomic mass is 10.2. The Labute approximate surface area is 131 Å². The molecule has 0 heterocycles. The highest BCUT2D eigenvalue weighted by molar-refractivity contribution is 5.94. The maximum atomic E-state index is 13.5. The molecule has 0 unspecified atom stereocenters. The van der Waals surface area contributed by atoms with Crippen molar-refractivity contribution in [2.45, 2.75) is 13.3 Å². The van der Waals surface area contributed by atoms with Crippen LogP contribution in [0.5, 0.6) is 0 Å². The number of benzene rings is 1. The minimum Gasteiger partial charge on any atom is -0.350 e. The Bertz CT molecular complexity index is 506. The molecule has 0 aromatic heterocycles. The van der Waals surface area contributed by atoms with Crippen molar-refractivity contribution in [3.05, 3.63) is 35.6 Å². The number of nitrogens with zero attached hydrogens (tertiary/aromatic N) is 2. The molecule has 0 aliphatic carbocycles. The van der Waals surface area contributed by atoms with Crippen LogP contribution >= 0.6 is 0 Å². The van der Waals surface area contributed by atoms with Gasteiger partial charge in [-0.25, -0.2) is 4.39 Å². The maximum absolute atomic E-state index is 13.5. The smallest absolute Gasteiger partial charge is 0.254 e. The Morgan fingerprint density at radius 2 is 1.82 bits per heavy atom. The molecule has 0 aliphatic rings. The number of halogens is 1. The van der Waals surface area contributed by atoms with Gasteiger partial charge in [0.25, 0.3) is 5.91 Å². The molecule has 0 saturated heterocycles. The summed E-state index contributed by atoms with van der Waals surface area (Å²) in [5.41, 5.74) is 0.0180. The zero-order valence-electron chi connectivity index (χ0n) is 13.4. The summed E-state index contributed by atoms with van der Waals surface area (Å²) >= 11 is 0. The van der Waals surface area contributed by atoms with E-state index in [2.05, 4.69) is 10.2 Å². The summed E-state index contributed by atoms with van der Waals surface area (Å²) in [6, 6.07) is 5.83. The molecule has 1 aromatic carbocycles. The van der Waals surface area contributed by atoms with Gasteiger partial charge < -0.3 is 15.1 Å². The molecule has 2 amide bonds. The Hall–Kier alpha value is -1.95. The normalized spacial score (nSPS) is 10.6. The standard InChI is InChI=1S/C16H24FN3O2/c1-13(21)20(11-6-10-19(2)3)12-9-18-16(22)14-7-4-5-8-15(14)17/h4-5,7-8H,6,9-12H2,1-3H3,(H,18,22). The van der Waals surface area contributed by atoms with Crippen LogP contribution in [0.25, 0.3) is 0 Å². The second kappa shape index (κ2) is 9.15. The summed E-state index contributed by atoms with van der Waals surface area (Å²) in [7, 11) is 3.96. The van der Waals surface area contributed by atoms with Crippen molar-refractivity contribution in [1.29, 1.82) is 0 Å². The van der Waals surface area contributed by atoms with E-state index in [1.54, 1.807) is 11.0 Å². The highest BCUT2D eigenvalue weighted by Gasteiger charge is 2.12. The minimum absolute atomic E-state index is 0.0180. The van der Waals surface area contributed by atoms with Gasteiger partial charge in [-0.3, -0.25) is 9.59 Å². The van der Waals surface area contributed by atoms with Crippen LogP contribution in [0.4, 0.5) is 4.39 Å². The van der Waals surface area contributed by atoms with Gasteiger partial charge in [-0.15, -0.1) is 0 Å². The number of hydrogen-bond donors (Lipinski definition) is 1. The van der Waals surface area contributed by atoms with Gasteiger partial charge in [-0.2, -0.15) is 0 Å². The topological polar surface area (TPSA) is 52.7 Å². The largest absolute Gasteiger partial charge is 0.350 e. The van der Waals surface area contributed by atoms with Gasteiger partial charge in [0.05, 0.1) is 5.56 Å². The number of carbonyl (C=O) groups excluding carboxylic acids is 2. The van der Waals surface area contributed by atoms with Crippen LogP contribution in [0.3, 0.4) is 0 Å². The van der Waals surface area contributed by atoms with E-state index >= 15 is 0 Å². The number of carbonyl (C=O) groups is 2. The summed E-state index contributed by atoms with van der Waals surface area (Å²) in [4.78, 5) is 27.2. The van der Waals surface area contributed by atoms with Crippen LogP contribution in [-0.4, -0.2) is 61.9 Å². The number of nitrogens with one attached hydrogen (secondary N) is 1. The van der Waals surface area contributed by atoms with Crippen LogP contribution < -0.4 is 5.32 Å². The van der Waals surface area contributed by atoms with Crippen molar-refractivity contribution in [2.24, 2.45) is 0 Å². The molecule has 0 radical (unpaired) electrons. The van der Waals surface area contributed by atoms with E-state index in [1.165, 1.54) is 25.1 Å². The summed E-state index contributed by atoms with van der Waals surface area (Å²) in [5, 5.41) is 2.64. The SMILES string of the molecule is CC(=O)N(CCCN(C)C)CCNC(=O)c1ccccc1F. The molecule has 0 aliphatic heterocycles. The second-order valence-corrected chi connectivity index (χ2v) is 5.40. The first-order chi connectivity index (χ1) is 10.4. The summed E-state index contributed by atoms with van der Waals surface area (Å²) in [5.74, 6) is -1.04. The van der Waals surface area contributed by atoms with Crippen molar-refractivity contribution in [3.63, 3.8) is 0 Å². The summed E-state index contributed by atoms with van der Waals surface area (Å²) in [6.45, 7) is 3.76. The van der Waals surface area contributed by atoms with E-state index in [0.717, 1.165) is 13.0 Å². The van der Waals surface area contributed by atoms with E-state index < -0.39 is 11.7 Å². The highest BCUT2D eigenvalue weighted by atomic mass is 19.1. The zero-order valence-corrected chi connectivity index (χ0v) is 13.4. The average molecular weight is 309 g/mol. The van der Waals surface area contributed by atoms with Crippen molar-refractivity contribution in [1.82, 2.24) is 15.1 Å². The first-order valence-electron chi connectivity index (χ1n) is 7.34. The lowest BCUT2D eigenvalue weighted by Gasteiger charge is -2.22.